The highest BCUT2D eigenvalue weighted by Crippen LogP contribution is 2.41. The first-order chi connectivity index (χ1) is 19.0. The maximum atomic E-state index is 13.1. The molecule has 2 aromatic heterocycles. The van der Waals surface area contributed by atoms with Gasteiger partial charge in [-0.15, -0.1) is 0 Å². The Morgan fingerprint density at radius 3 is 2.67 bits per heavy atom. The van der Waals surface area contributed by atoms with Gasteiger partial charge in [0.15, 0.2) is 0 Å². The Morgan fingerprint density at radius 2 is 2.00 bits per heavy atom. The minimum atomic E-state index is -4.38. The number of likely N-dealkylation sites (tertiary alicyclic amines) is 1. The van der Waals surface area contributed by atoms with Gasteiger partial charge in [-0.3, -0.25) is 9.59 Å². The Bertz CT molecular complexity index is 1640. The number of amides is 1. The van der Waals surface area contributed by atoms with Gasteiger partial charge >= 0.3 is 6.18 Å². The highest BCUT2D eigenvalue weighted by molar-refractivity contribution is 6.31. The number of alkyl halides is 3. The van der Waals surface area contributed by atoms with E-state index in [9.17, 15) is 28.0 Å². The molecular formula is C27H24ClF3N6O3. The number of anilines is 3. The predicted octanol–water partition coefficient (Wildman–Crippen LogP) is 4.81. The van der Waals surface area contributed by atoms with Gasteiger partial charge in [0.05, 0.1) is 29.4 Å². The molecule has 4 heterocycles. The van der Waals surface area contributed by atoms with Crippen molar-refractivity contribution in [3.8, 4) is 11.8 Å². The van der Waals surface area contributed by atoms with Crippen LogP contribution in [0.25, 0.3) is 10.9 Å². The van der Waals surface area contributed by atoms with Gasteiger partial charge in [0.25, 0.3) is 11.5 Å². The molecule has 1 saturated carbocycles. The fourth-order valence-electron chi connectivity index (χ4n) is 5.27. The second-order valence-corrected chi connectivity index (χ2v) is 10.8. The number of hydrogen-bond donors (Lipinski definition) is 2. The van der Waals surface area contributed by atoms with E-state index in [4.69, 9.17) is 16.3 Å². The molecule has 1 saturated heterocycles. The minimum absolute atomic E-state index is 0.0235. The zero-order chi connectivity index (χ0) is 28.3. The number of hydrogen-bond acceptors (Lipinski definition) is 7. The normalized spacial score (nSPS) is 19.1. The Kier molecular flexibility index (Phi) is 6.29. The average Bonchev–Trinajstić information content (AvgIpc) is 3.72. The van der Waals surface area contributed by atoms with E-state index in [1.165, 1.54) is 10.6 Å². The van der Waals surface area contributed by atoms with Gasteiger partial charge in [0.1, 0.15) is 22.5 Å². The quantitative estimate of drug-likeness (QED) is 0.432. The molecular weight excluding hydrogens is 549 g/mol. The topological polar surface area (TPSA) is 112 Å². The number of halogens is 4. The SMILES string of the molecule is Cn1c(=O)c2c(c3cc(Nc4cc(C(=O)N5CC(C(F)(F)F)C5)nc(Cl)c4C#N)ccc31)NC(C1CC1)CCO2. The molecule has 6 rings (SSSR count). The van der Waals surface area contributed by atoms with Gasteiger partial charge in [-0.1, -0.05) is 11.6 Å². The number of nitriles is 1. The molecule has 208 valence electrons. The van der Waals surface area contributed by atoms with Crippen LogP contribution in [0.1, 0.15) is 35.3 Å². The van der Waals surface area contributed by atoms with Gasteiger partial charge in [-0.25, -0.2) is 4.98 Å². The van der Waals surface area contributed by atoms with Gasteiger partial charge in [0, 0.05) is 43.7 Å². The number of ether oxygens (including phenoxy) is 1. The lowest BCUT2D eigenvalue weighted by molar-refractivity contribution is -0.202. The van der Waals surface area contributed by atoms with E-state index >= 15 is 0 Å². The summed E-state index contributed by atoms with van der Waals surface area (Å²) in [6, 6.07) is 8.74. The third kappa shape index (κ3) is 4.58. The summed E-state index contributed by atoms with van der Waals surface area (Å²) in [7, 11) is 1.66. The molecule has 1 atom stereocenters. The van der Waals surface area contributed by atoms with Crippen LogP contribution in [0, 0.1) is 23.2 Å². The zero-order valence-corrected chi connectivity index (χ0v) is 22.1. The summed E-state index contributed by atoms with van der Waals surface area (Å²) in [4.78, 5) is 30.9. The van der Waals surface area contributed by atoms with Crippen LogP contribution in [0.2, 0.25) is 5.15 Å². The smallest absolute Gasteiger partial charge is 0.395 e. The van der Waals surface area contributed by atoms with E-state index in [1.807, 2.05) is 6.07 Å². The van der Waals surface area contributed by atoms with Crippen molar-refractivity contribution >= 4 is 45.5 Å². The van der Waals surface area contributed by atoms with Crippen molar-refractivity contribution < 1.29 is 22.7 Å². The van der Waals surface area contributed by atoms with E-state index in [1.54, 1.807) is 25.2 Å². The fraction of sp³-hybridized carbons (Fsp3) is 0.407. The van der Waals surface area contributed by atoms with E-state index in [0.29, 0.717) is 29.4 Å². The van der Waals surface area contributed by atoms with Gasteiger partial charge in [0.2, 0.25) is 5.75 Å². The standard InChI is InChI=1S/C27H24ClF3N6O3/c1-36-21-5-4-15(8-16(21)22-23(26(36)39)40-7-6-18(34-22)13-2-3-13)33-19-9-20(35-24(28)17(19)10-32)25(38)37-11-14(12-37)27(29,30)31/h4-5,8-9,13-14,18,34H,2-3,6-7,11-12H2,1H3,(H,33,35). The molecule has 2 fully saturated rings. The van der Waals surface area contributed by atoms with Crippen molar-refractivity contribution in [2.45, 2.75) is 31.5 Å². The molecule has 1 aromatic carbocycles. The molecule has 1 unspecified atom stereocenters. The van der Waals surface area contributed by atoms with Crippen LogP contribution in [-0.4, -0.2) is 52.3 Å². The number of nitrogens with one attached hydrogen (secondary N) is 2. The van der Waals surface area contributed by atoms with Crippen molar-refractivity contribution in [3.63, 3.8) is 0 Å². The van der Waals surface area contributed by atoms with Gasteiger partial charge in [-0.2, -0.15) is 18.4 Å². The molecule has 13 heteroatoms. The molecule has 2 N–H and O–H groups in total. The molecule has 1 amide bonds. The number of benzene rings is 1. The van der Waals surface area contributed by atoms with Crippen molar-refractivity contribution in [3.05, 3.63) is 51.0 Å². The number of pyridine rings is 2. The molecule has 3 aliphatic rings. The van der Waals surface area contributed by atoms with E-state index in [-0.39, 0.29) is 39.4 Å². The summed E-state index contributed by atoms with van der Waals surface area (Å²) < 4.78 is 46.1. The first-order valence-electron chi connectivity index (χ1n) is 12.8. The molecule has 2 aliphatic heterocycles. The summed E-state index contributed by atoms with van der Waals surface area (Å²) in [5.41, 5.74) is 1.54. The number of aryl methyl sites for hydroxylation is 1. The first-order valence-corrected chi connectivity index (χ1v) is 13.2. The second kappa shape index (κ2) is 9.59. The lowest BCUT2D eigenvalue weighted by atomic mass is 9.99. The van der Waals surface area contributed by atoms with Crippen LogP contribution >= 0.6 is 11.6 Å². The highest BCUT2D eigenvalue weighted by atomic mass is 35.5. The van der Waals surface area contributed by atoms with Crippen molar-refractivity contribution in [2.24, 2.45) is 18.9 Å². The van der Waals surface area contributed by atoms with E-state index < -0.39 is 31.1 Å². The number of aromatic nitrogens is 2. The largest absolute Gasteiger partial charge is 0.486 e. The zero-order valence-electron chi connectivity index (χ0n) is 21.3. The maximum Gasteiger partial charge on any atom is 0.395 e. The third-order valence-corrected chi connectivity index (χ3v) is 8.04. The fourth-order valence-corrected chi connectivity index (χ4v) is 5.50. The first kappa shape index (κ1) is 26.3. The van der Waals surface area contributed by atoms with Gasteiger partial charge in [-0.05, 0) is 43.0 Å². The summed E-state index contributed by atoms with van der Waals surface area (Å²) in [5, 5.41) is 16.8. The van der Waals surface area contributed by atoms with Crippen LogP contribution in [0.5, 0.6) is 5.75 Å². The van der Waals surface area contributed by atoms with Gasteiger partial charge < -0.3 is 24.8 Å². The number of nitrogens with zero attached hydrogens (tertiary/aromatic N) is 4. The van der Waals surface area contributed by atoms with Crippen LogP contribution in [0.3, 0.4) is 0 Å². The van der Waals surface area contributed by atoms with E-state index in [0.717, 1.165) is 29.5 Å². The Labute approximate surface area is 231 Å². The Hall–Kier alpha value is -3.98. The van der Waals surface area contributed by atoms with Crippen molar-refractivity contribution in [1.29, 1.82) is 5.26 Å². The molecule has 0 bridgehead atoms. The molecule has 3 aromatic rings. The Balaban J connectivity index is 1.36. The third-order valence-electron chi connectivity index (χ3n) is 7.77. The lowest BCUT2D eigenvalue weighted by Gasteiger charge is -2.39. The maximum absolute atomic E-state index is 13.1. The molecule has 40 heavy (non-hydrogen) atoms. The average molecular weight is 573 g/mol. The van der Waals surface area contributed by atoms with Crippen molar-refractivity contribution in [2.75, 3.05) is 30.3 Å². The summed E-state index contributed by atoms with van der Waals surface area (Å²) in [5.74, 6) is -1.51. The monoisotopic (exact) mass is 572 g/mol. The van der Waals surface area contributed by atoms with Crippen LogP contribution in [0.4, 0.5) is 30.2 Å². The van der Waals surface area contributed by atoms with Crippen LogP contribution in [-0.2, 0) is 7.05 Å². The molecule has 0 spiro atoms. The lowest BCUT2D eigenvalue weighted by Crippen LogP contribution is -2.55. The summed E-state index contributed by atoms with van der Waals surface area (Å²) >= 11 is 6.22. The summed E-state index contributed by atoms with van der Waals surface area (Å²) in [6.45, 7) is -0.496. The van der Waals surface area contributed by atoms with Crippen molar-refractivity contribution in [1.82, 2.24) is 14.5 Å². The number of carbonyl (C=O) groups excluding carboxylic acids is 1. The van der Waals surface area contributed by atoms with Crippen LogP contribution in [0.15, 0.2) is 29.1 Å². The van der Waals surface area contributed by atoms with E-state index in [2.05, 4.69) is 15.6 Å². The highest BCUT2D eigenvalue weighted by Gasteiger charge is 2.49. The number of fused-ring (bicyclic) bond motifs is 3. The molecule has 1 aliphatic carbocycles. The second-order valence-electron chi connectivity index (χ2n) is 10.4. The molecule has 0 radical (unpaired) electrons. The Morgan fingerprint density at radius 1 is 1.25 bits per heavy atom. The molecule has 9 nitrogen and oxygen atoms in total. The number of rotatable bonds is 4. The van der Waals surface area contributed by atoms with Crippen LogP contribution < -0.4 is 20.9 Å². The predicted molar refractivity (Wildman–Crippen MR) is 142 cm³/mol. The minimum Gasteiger partial charge on any atom is -0.486 e. The summed E-state index contributed by atoms with van der Waals surface area (Å²) in [6.07, 6.45) is -1.36. The number of carbonyl (C=O) groups is 1.